The molecule has 21 heavy (non-hydrogen) atoms. The summed E-state index contributed by atoms with van der Waals surface area (Å²) >= 11 is 5.81. The van der Waals surface area contributed by atoms with Crippen molar-refractivity contribution in [3.8, 4) is 0 Å². The monoisotopic (exact) mass is 311 g/mol. The third-order valence-electron chi connectivity index (χ3n) is 2.95. The van der Waals surface area contributed by atoms with Gasteiger partial charge >= 0.3 is 0 Å². The topological polar surface area (TPSA) is 62.5 Å². The molecule has 2 rings (SSSR count). The summed E-state index contributed by atoms with van der Waals surface area (Å²) in [5.74, 6) is -0.776. The van der Waals surface area contributed by atoms with E-state index in [1.165, 1.54) is 18.4 Å². The Morgan fingerprint density at radius 2 is 2.19 bits per heavy atom. The molecule has 2 N–H and O–H groups in total. The molecule has 4 nitrogen and oxygen atoms in total. The maximum Gasteiger partial charge on any atom is 0.255 e. The molecule has 1 unspecified atom stereocenters. The molecule has 0 radical (unpaired) electrons. The first kappa shape index (κ1) is 15.5. The summed E-state index contributed by atoms with van der Waals surface area (Å²) in [5.41, 5.74) is -1.45. The van der Waals surface area contributed by atoms with Crippen molar-refractivity contribution in [1.82, 2.24) is 5.32 Å². The third kappa shape index (κ3) is 4.06. The molecule has 1 heterocycles. The Kier molecular flexibility index (Phi) is 4.65. The molecule has 1 atom stereocenters. The van der Waals surface area contributed by atoms with E-state index in [0.29, 0.717) is 5.76 Å². The molecule has 0 aliphatic carbocycles. The van der Waals surface area contributed by atoms with Crippen molar-refractivity contribution in [2.24, 2.45) is 0 Å². The zero-order valence-electron chi connectivity index (χ0n) is 11.4. The Bertz CT molecular complexity index is 606. The van der Waals surface area contributed by atoms with Gasteiger partial charge in [0, 0.05) is 13.0 Å². The van der Waals surface area contributed by atoms with Crippen molar-refractivity contribution in [1.29, 1.82) is 0 Å². The molecular formula is C15H15ClFNO3. The van der Waals surface area contributed by atoms with E-state index in [1.807, 2.05) is 0 Å². The summed E-state index contributed by atoms with van der Waals surface area (Å²) in [5, 5.41) is 12.7. The molecule has 112 valence electrons. The highest BCUT2D eigenvalue weighted by atomic mass is 35.5. The number of amides is 1. The van der Waals surface area contributed by atoms with Crippen molar-refractivity contribution in [2.75, 3.05) is 6.54 Å². The van der Waals surface area contributed by atoms with E-state index in [1.54, 1.807) is 19.1 Å². The van der Waals surface area contributed by atoms with Crippen LogP contribution < -0.4 is 5.32 Å². The summed E-state index contributed by atoms with van der Waals surface area (Å²) in [6, 6.07) is 7.44. The highest BCUT2D eigenvalue weighted by molar-refractivity contribution is 6.33. The van der Waals surface area contributed by atoms with Crippen molar-refractivity contribution < 1.29 is 18.7 Å². The minimum atomic E-state index is -1.22. The van der Waals surface area contributed by atoms with Gasteiger partial charge in [0.1, 0.15) is 11.6 Å². The summed E-state index contributed by atoms with van der Waals surface area (Å²) in [6.45, 7) is 1.50. The molecule has 6 heteroatoms. The highest BCUT2D eigenvalue weighted by Gasteiger charge is 2.25. The Hall–Kier alpha value is -1.85. The minimum Gasteiger partial charge on any atom is -0.469 e. The van der Waals surface area contributed by atoms with Gasteiger partial charge in [0.15, 0.2) is 0 Å². The minimum absolute atomic E-state index is 0.0261. The van der Waals surface area contributed by atoms with E-state index in [0.717, 1.165) is 6.07 Å². The highest BCUT2D eigenvalue weighted by Crippen LogP contribution is 2.19. The average Bonchev–Trinajstić information content (AvgIpc) is 2.88. The predicted octanol–water partition coefficient (Wildman–Crippen LogP) is 2.80. The van der Waals surface area contributed by atoms with Gasteiger partial charge in [-0.3, -0.25) is 4.79 Å². The molecule has 1 aromatic heterocycles. The van der Waals surface area contributed by atoms with E-state index < -0.39 is 17.3 Å². The van der Waals surface area contributed by atoms with Crippen LogP contribution in [0.2, 0.25) is 5.02 Å². The lowest BCUT2D eigenvalue weighted by Crippen LogP contribution is -2.42. The first-order valence-electron chi connectivity index (χ1n) is 6.36. The Morgan fingerprint density at radius 1 is 1.43 bits per heavy atom. The van der Waals surface area contributed by atoms with E-state index >= 15 is 0 Å². The van der Waals surface area contributed by atoms with Gasteiger partial charge in [-0.25, -0.2) is 4.39 Å². The molecule has 0 fully saturated rings. The molecular weight excluding hydrogens is 297 g/mol. The van der Waals surface area contributed by atoms with E-state index in [4.69, 9.17) is 16.0 Å². The van der Waals surface area contributed by atoms with Crippen LogP contribution in [-0.2, 0) is 6.42 Å². The van der Waals surface area contributed by atoms with Crippen molar-refractivity contribution in [2.45, 2.75) is 18.9 Å². The fraction of sp³-hybridized carbons (Fsp3) is 0.267. The number of nitrogens with one attached hydrogen (secondary N) is 1. The number of carbonyl (C=O) groups excluding carboxylic acids is 1. The predicted molar refractivity (Wildman–Crippen MR) is 76.8 cm³/mol. The van der Waals surface area contributed by atoms with Crippen LogP contribution in [0.5, 0.6) is 0 Å². The van der Waals surface area contributed by atoms with Crippen LogP contribution in [0.1, 0.15) is 23.0 Å². The van der Waals surface area contributed by atoms with Crippen LogP contribution in [-0.4, -0.2) is 23.2 Å². The van der Waals surface area contributed by atoms with Crippen molar-refractivity contribution >= 4 is 17.5 Å². The van der Waals surface area contributed by atoms with Gasteiger partial charge in [-0.1, -0.05) is 17.7 Å². The van der Waals surface area contributed by atoms with Gasteiger partial charge in [-0.05, 0) is 31.2 Å². The zero-order valence-corrected chi connectivity index (χ0v) is 12.2. The fourth-order valence-corrected chi connectivity index (χ4v) is 2.17. The van der Waals surface area contributed by atoms with Gasteiger partial charge in [-0.2, -0.15) is 0 Å². The van der Waals surface area contributed by atoms with Crippen molar-refractivity contribution in [3.05, 3.63) is 58.8 Å². The van der Waals surface area contributed by atoms with E-state index in [-0.39, 0.29) is 23.6 Å². The molecule has 2 aromatic rings. The lowest BCUT2D eigenvalue weighted by molar-refractivity contribution is 0.0509. The summed E-state index contributed by atoms with van der Waals surface area (Å²) in [7, 11) is 0. The van der Waals surface area contributed by atoms with Gasteiger partial charge in [0.25, 0.3) is 5.91 Å². The second-order valence-electron chi connectivity index (χ2n) is 5.03. The average molecular weight is 312 g/mol. The second kappa shape index (κ2) is 6.28. The van der Waals surface area contributed by atoms with Gasteiger partial charge in [-0.15, -0.1) is 0 Å². The van der Waals surface area contributed by atoms with E-state index in [9.17, 15) is 14.3 Å². The molecule has 0 saturated heterocycles. The van der Waals surface area contributed by atoms with Crippen LogP contribution in [0.25, 0.3) is 0 Å². The lowest BCUT2D eigenvalue weighted by Gasteiger charge is -2.22. The first-order chi connectivity index (χ1) is 9.89. The molecule has 0 saturated carbocycles. The Morgan fingerprint density at radius 3 is 2.81 bits per heavy atom. The van der Waals surface area contributed by atoms with Crippen LogP contribution in [0.4, 0.5) is 4.39 Å². The summed E-state index contributed by atoms with van der Waals surface area (Å²) < 4.78 is 18.7. The second-order valence-corrected chi connectivity index (χ2v) is 5.44. The van der Waals surface area contributed by atoms with Gasteiger partial charge in [0.05, 0.1) is 22.5 Å². The van der Waals surface area contributed by atoms with Crippen LogP contribution in [0.15, 0.2) is 41.0 Å². The first-order valence-corrected chi connectivity index (χ1v) is 6.74. The maximum atomic E-state index is 13.6. The number of rotatable bonds is 5. The number of carbonyl (C=O) groups is 1. The zero-order chi connectivity index (χ0) is 15.5. The Labute approximate surface area is 126 Å². The maximum absolute atomic E-state index is 13.6. The van der Waals surface area contributed by atoms with Crippen LogP contribution in [0.3, 0.4) is 0 Å². The Balaban J connectivity index is 2.00. The number of benzene rings is 1. The quantitative estimate of drug-likeness (QED) is 0.892. The third-order valence-corrected chi connectivity index (χ3v) is 3.27. The number of hydrogen-bond acceptors (Lipinski definition) is 3. The van der Waals surface area contributed by atoms with Gasteiger partial charge in [0.2, 0.25) is 0 Å². The smallest absolute Gasteiger partial charge is 0.255 e. The fourth-order valence-electron chi connectivity index (χ4n) is 1.92. The SMILES string of the molecule is CC(O)(CNC(=O)c1c(F)cccc1Cl)Cc1ccco1. The summed E-state index contributed by atoms with van der Waals surface area (Å²) in [6.07, 6.45) is 1.73. The van der Waals surface area contributed by atoms with E-state index in [2.05, 4.69) is 5.32 Å². The van der Waals surface area contributed by atoms with Gasteiger partial charge < -0.3 is 14.8 Å². The van der Waals surface area contributed by atoms with Crippen LogP contribution in [0, 0.1) is 5.82 Å². The number of hydrogen-bond donors (Lipinski definition) is 2. The normalized spacial score (nSPS) is 13.7. The molecule has 0 bridgehead atoms. The molecule has 0 spiro atoms. The van der Waals surface area contributed by atoms with Crippen LogP contribution >= 0.6 is 11.6 Å². The lowest BCUT2D eigenvalue weighted by atomic mass is 10.0. The molecule has 0 aliphatic heterocycles. The largest absolute Gasteiger partial charge is 0.469 e. The molecule has 0 aliphatic rings. The standard InChI is InChI=1S/C15H15ClFNO3/c1-15(20,8-10-4-3-7-21-10)9-18-14(19)13-11(16)5-2-6-12(13)17/h2-7,20H,8-9H2,1H3,(H,18,19). The number of aliphatic hydroxyl groups is 1. The molecule has 1 aromatic carbocycles. The number of halogens is 2. The number of furan rings is 1. The molecule has 1 amide bonds. The van der Waals surface area contributed by atoms with Crippen molar-refractivity contribution in [3.63, 3.8) is 0 Å². The summed E-state index contributed by atoms with van der Waals surface area (Å²) in [4.78, 5) is 12.0.